The van der Waals surface area contributed by atoms with E-state index < -0.39 is 0 Å². The van der Waals surface area contributed by atoms with Crippen LogP contribution in [0.15, 0.2) is 17.2 Å². The number of piperidine rings is 1. The lowest BCUT2D eigenvalue weighted by atomic mass is 9.99. The number of aryl methyl sites for hydroxylation is 1. The van der Waals surface area contributed by atoms with Crippen molar-refractivity contribution in [2.45, 2.75) is 89.9 Å². The van der Waals surface area contributed by atoms with Crippen molar-refractivity contribution in [2.75, 3.05) is 13.1 Å². The molecular formula is C24H34N6O2. The van der Waals surface area contributed by atoms with E-state index in [1.54, 1.807) is 6.20 Å². The molecule has 2 aromatic heterocycles. The smallest absolute Gasteiger partial charge is 0.257 e. The molecular weight excluding hydrogens is 404 g/mol. The van der Waals surface area contributed by atoms with Gasteiger partial charge >= 0.3 is 0 Å². The molecule has 0 bridgehead atoms. The van der Waals surface area contributed by atoms with Crippen molar-refractivity contribution in [2.24, 2.45) is 0 Å². The molecule has 1 aliphatic carbocycles. The van der Waals surface area contributed by atoms with Gasteiger partial charge in [0, 0.05) is 44.0 Å². The zero-order valence-corrected chi connectivity index (χ0v) is 19.1. The van der Waals surface area contributed by atoms with Gasteiger partial charge in [-0.3, -0.25) is 19.2 Å². The molecule has 8 heteroatoms. The fourth-order valence-electron chi connectivity index (χ4n) is 5.67. The lowest BCUT2D eigenvalue weighted by molar-refractivity contribution is 0.0598. The normalized spacial score (nSPS) is 22.3. The number of nitrogens with zero attached hydrogens (tertiary/aromatic N) is 5. The minimum absolute atomic E-state index is 0.0231. The Morgan fingerprint density at radius 3 is 2.78 bits per heavy atom. The third kappa shape index (κ3) is 4.12. The van der Waals surface area contributed by atoms with Gasteiger partial charge in [-0.05, 0) is 44.9 Å². The Labute approximate surface area is 189 Å². The molecule has 1 unspecified atom stereocenters. The van der Waals surface area contributed by atoms with Crippen LogP contribution >= 0.6 is 0 Å². The van der Waals surface area contributed by atoms with E-state index in [0.717, 1.165) is 63.0 Å². The highest BCUT2D eigenvalue weighted by Gasteiger charge is 2.33. The van der Waals surface area contributed by atoms with Gasteiger partial charge in [-0.25, -0.2) is 4.98 Å². The summed E-state index contributed by atoms with van der Waals surface area (Å²) < 4.78 is 1.82. The van der Waals surface area contributed by atoms with Crippen LogP contribution in [-0.2, 0) is 19.5 Å². The van der Waals surface area contributed by atoms with Crippen LogP contribution in [0, 0.1) is 0 Å². The predicted molar refractivity (Wildman–Crippen MR) is 121 cm³/mol. The number of likely N-dealkylation sites (tertiary alicyclic amines) is 1. The van der Waals surface area contributed by atoms with E-state index in [0.29, 0.717) is 24.0 Å². The summed E-state index contributed by atoms with van der Waals surface area (Å²) in [7, 11) is 0. The quantitative estimate of drug-likeness (QED) is 0.775. The summed E-state index contributed by atoms with van der Waals surface area (Å²) in [6, 6.07) is 0.436. The molecule has 2 fully saturated rings. The van der Waals surface area contributed by atoms with Gasteiger partial charge in [-0.15, -0.1) is 0 Å². The Hall–Kier alpha value is -2.48. The highest BCUT2D eigenvalue weighted by atomic mass is 16.2. The van der Waals surface area contributed by atoms with E-state index in [1.165, 1.54) is 25.7 Å². The first kappa shape index (κ1) is 21.4. The molecule has 5 rings (SSSR count). The van der Waals surface area contributed by atoms with E-state index in [-0.39, 0.29) is 17.5 Å². The minimum atomic E-state index is -0.189. The topological polar surface area (TPSA) is 87.1 Å². The predicted octanol–water partition coefficient (Wildman–Crippen LogP) is 3.04. The van der Waals surface area contributed by atoms with E-state index in [4.69, 9.17) is 4.98 Å². The van der Waals surface area contributed by atoms with Crippen molar-refractivity contribution < 1.29 is 4.79 Å². The van der Waals surface area contributed by atoms with E-state index in [1.807, 2.05) is 15.8 Å². The molecule has 1 amide bonds. The highest BCUT2D eigenvalue weighted by Crippen LogP contribution is 2.32. The first-order valence-corrected chi connectivity index (χ1v) is 12.3. The summed E-state index contributed by atoms with van der Waals surface area (Å²) in [6.45, 7) is 5.26. The van der Waals surface area contributed by atoms with Crippen LogP contribution in [0.2, 0.25) is 0 Å². The second-order valence-electron chi connectivity index (χ2n) is 9.54. The molecule has 2 aromatic rings. The molecule has 8 nitrogen and oxygen atoms in total. The molecule has 0 aromatic carbocycles. The molecule has 4 heterocycles. The summed E-state index contributed by atoms with van der Waals surface area (Å²) >= 11 is 0. The molecule has 1 atom stereocenters. The van der Waals surface area contributed by atoms with Crippen LogP contribution in [0.25, 0.3) is 0 Å². The summed E-state index contributed by atoms with van der Waals surface area (Å²) in [4.78, 5) is 38.7. The summed E-state index contributed by atoms with van der Waals surface area (Å²) in [5.74, 6) is 0.626. The lowest BCUT2D eigenvalue weighted by Gasteiger charge is -2.36. The number of nitrogens with one attached hydrogen (secondary N) is 1. The maximum atomic E-state index is 13.3. The highest BCUT2D eigenvalue weighted by molar-refractivity contribution is 5.94. The second kappa shape index (κ2) is 9.17. The molecule has 172 valence electrons. The Kier molecular flexibility index (Phi) is 6.13. The van der Waals surface area contributed by atoms with Gasteiger partial charge < -0.3 is 9.88 Å². The fraction of sp³-hybridized carbons (Fsp3) is 0.667. The minimum Gasteiger partial charge on any atom is -0.328 e. The molecule has 32 heavy (non-hydrogen) atoms. The Morgan fingerprint density at radius 2 is 1.97 bits per heavy atom. The van der Waals surface area contributed by atoms with Crippen LogP contribution < -0.4 is 5.56 Å². The Morgan fingerprint density at radius 1 is 1.16 bits per heavy atom. The van der Waals surface area contributed by atoms with Crippen molar-refractivity contribution in [3.63, 3.8) is 0 Å². The van der Waals surface area contributed by atoms with Crippen molar-refractivity contribution >= 4 is 5.91 Å². The number of aromatic nitrogens is 4. The van der Waals surface area contributed by atoms with E-state index >= 15 is 0 Å². The zero-order chi connectivity index (χ0) is 22.1. The molecule has 1 N–H and O–H groups in total. The average Bonchev–Trinajstić information content (AvgIpc) is 3.51. The Bertz CT molecular complexity index is 1020. The number of hydrogen-bond acceptors (Lipinski definition) is 5. The van der Waals surface area contributed by atoms with Gasteiger partial charge in [-0.1, -0.05) is 19.8 Å². The van der Waals surface area contributed by atoms with Crippen molar-refractivity contribution in [3.05, 3.63) is 45.4 Å². The number of rotatable bonds is 5. The van der Waals surface area contributed by atoms with Crippen LogP contribution in [0.5, 0.6) is 0 Å². The number of amides is 1. The third-order valence-corrected chi connectivity index (χ3v) is 7.37. The van der Waals surface area contributed by atoms with Gasteiger partial charge in [0.05, 0.1) is 23.5 Å². The molecule has 0 radical (unpaired) electrons. The zero-order valence-electron chi connectivity index (χ0n) is 19.1. The van der Waals surface area contributed by atoms with Crippen LogP contribution in [0.1, 0.15) is 91.8 Å². The van der Waals surface area contributed by atoms with Crippen molar-refractivity contribution in [1.82, 2.24) is 29.5 Å². The fourth-order valence-corrected chi connectivity index (χ4v) is 5.67. The standard InChI is InChI=1S/C24H34N6O2/c1-2-11-29-15-17(14-25-29)24(32)30-12-6-5-9-21(30)22-26-20-16-28(18-7-3-4-8-18)13-10-19(20)23(31)27-22/h14-15,18,21H,2-13,16H2,1H3,(H,26,27,31). The molecule has 1 saturated heterocycles. The lowest BCUT2D eigenvalue weighted by Crippen LogP contribution is -2.43. The monoisotopic (exact) mass is 438 g/mol. The van der Waals surface area contributed by atoms with Gasteiger partial charge in [0.15, 0.2) is 0 Å². The number of carbonyl (C=O) groups excluding carboxylic acids is 1. The maximum absolute atomic E-state index is 13.3. The SMILES string of the molecule is CCCn1cc(C(=O)N2CCCCC2c2nc3c(c(=O)[nH]2)CCN(C2CCCC2)C3)cn1. The average molecular weight is 439 g/mol. The third-order valence-electron chi connectivity index (χ3n) is 7.37. The number of H-pyrrole nitrogens is 1. The Balaban J connectivity index is 1.41. The van der Waals surface area contributed by atoms with E-state index in [9.17, 15) is 9.59 Å². The van der Waals surface area contributed by atoms with Crippen LogP contribution in [0.3, 0.4) is 0 Å². The van der Waals surface area contributed by atoms with Crippen molar-refractivity contribution in [1.29, 1.82) is 0 Å². The summed E-state index contributed by atoms with van der Waals surface area (Å²) in [6.07, 6.45) is 13.2. The van der Waals surface area contributed by atoms with Gasteiger partial charge in [0.1, 0.15) is 5.82 Å². The number of aromatic amines is 1. The number of hydrogen-bond donors (Lipinski definition) is 1. The number of carbonyl (C=O) groups is 1. The maximum Gasteiger partial charge on any atom is 0.257 e. The largest absolute Gasteiger partial charge is 0.328 e. The first-order valence-electron chi connectivity index (χ1n) is 12.3. The molecule has 0 spiro atoms. The van der Waals surface area contributed by atoms with E-state index in [2.05, 4.69) is 21.9 Å². The van der Waals surface area contributed by atoms with Crippen molar-refractivity contribution in [3.8, 4) is 0 Å². The van der Waals surface area contributed by atoms with Crippen LogP contribution in [-0.4, -0.2) is 54.6 Å². The van der Waals surface area contributed by atoms with Gasteiger partial charge in [-0.2, -0.15) is 5.10 Å². The van der Waals surface area contributed by atoms with Crippen LogP contribution in [0.4, 0.5) is 0 Å². The molecule has 1 saturated carbocycles. The first-order chi connectivity index (χ1) is 15.6. The molecule has 2 aliphatic heterocycles. The van der Waals surface area contributed by atoms with Gasteiger partial charge in [0.2, 0.25) is 0 Å². The summed E-state index contributed by atoms with van der Waals surface area (Å²) in [5, 5.41) is 4.33. The second-order valence-corrected chi connectivity index (χ2v) is 9.54. The van der Waals surface area contributed by atoms with Gasteiger partial charge in [0.25, 0.3) is 11.5 Å². The summed E-state index contributed by atoms with van der Waals surface area (Å²) in [5.41, 5.74) is 2.33. The molecule has 3 aliphatic rings. The number of fused-ring (bicyclic) bond motifs is 1.